The molecule has 6 N–H and O–H groups in total. The number of aliphatic hydroxyl groups excluding tert-OH is 2. The fourth-order valence-electron chi connectivity index (χ4n) is 3.71. The number of benzene rings is 1. The summed E-state index contributed by atoms with van der Waals surface area (Å²) in [7, 11) is -4.47. The minimum Gasteiger partial charge on any atom is -0.507 e. The predicted molar refractivity (Wildman–Crippen MR) is 123 cm³/mol. The highest BCUT2D eigenvalue weighted by molar-refractivity contribution is 7.53. The van der Waals surface area contributed by atoms with Crippen LogP contribution in [0.2, 0.25) is 0 Å². The molecule has 3 unspecified atom stereocenters. The van der Waals surface area contributed by atoms with Gasteiger partial charge in [0.1, 0.15) is 41.6 Å². The fraction of sp³-hybridized carbons (Fsp3) is 0.429. The number of anilines is 1. The molecule has 3 heterocycles. The topological polar surface area (TPSA) is 203 Å². The molecule has 1 aliphatic rings. The van der Waals surface area contributed by atoms with Crippen LogP contribution < -0.4 is 5.73 Å². The first kappa shape index (κ1) is 25.2. The molecular weight excluding hydrogens is 481 g/mol. The van der Waals surface area contributed by atoms with Crippen molar-refractivity contribution in [3.63, 3.8) is 0 Å². The first-order valence-corrected chi connectivity index (χ1v) is 12.5. The quantitative estimate of drug-likeness (QED) is 0.213. The van der Waals surface area contributed by atoms with Crippen molar-refractivity contribution in [2.75, 3.05) is 18.5 Å². The molecule has 4 rings (SSSR count). The molecular formula is C21H26N5O8P. The number of hydrogen-bond donors (Lipinski definition) is 5. The number of fused-ring (bicyclic) bond motifs is 1. The lowest BCUT2D eigenvalue weighted by Gasteiger charge is -2.18. The maximum atomic E-state index is 12.5. The molecule has 0 spiro atoms. The second kappa shape index (κ2) is 9.61. The van der Waals surface area contributed by atoms with Gasteiger partial charge in [-0.25, -0.2) is 15.0 Å². The summed E-state index contributed by atoms with van der Waals surface area (Å²) in [5.41, 5.74) is 6.45. The lowest BCUT2D eigenvalue weighted by molar-refractivity contribution is -0.0484. The SMILES string of the molecule is CC(C)c1nc(N)c2ncn([C@@H]3O[C@H](COP(=O)(O)CC(=O)c4ccccc4O)C(O)C3O)c2n1. The Hall–Kier alpha value is -2.93. The van der Waals surface area contributed by atoms with E-state index in [0.29, 0.717) is 17.0 Å². The van der Waals surface area contributed by atoms with Crippen molar-refractivity contribution < 1.29 is 38.8 Å². The minimum absolute atomic E-state index is 0.0367. The molecule has 35 heavy (non-hydrogen) atoms. The number of aromatic hydroxyl groups is 1. The van der Waals surface area contributed by atoms with Crippen molar-refractivity contribution in [2.24, 2.45) is 0 Å². The summed E-state index contributed by atoms with van der Waals surface area (Å²) in [6.07, 6.45) is -4.81. The lowest BCUT2D eigenvalue weighted by Crippen LogP contribution is -2.33. The van der Waals surface area contributed by atoms with Gasteiger partial charge in [-0.05, 0) is 12.1 Å². The average molecular weight is 507 g/mol. The van der Waals surface area contributed by atoms with Crippen LogP contribution in [0.25, 0.3) is 11.2 Å². The van der Waals surface area contributed by atoms with Gasteiger partial charge in [-0.15, -0.1) is 0 Å². The molecule has 14 heteroatoms. The summed E-state index contributed by atoms with van der Waals surface area (Å²) in [5.74, 6) is -0.537. The van der Waals surface area contributed by atoms with Crippen molar-refractivity contribution in [1.82, 2.24) is 19.5 Å². The summed E-state index contributed by atoms with van der Waals surface area (Å²) in [4.78, 5) is 35.3. The van der Waals surface area contributed by atoms with Gasteiger partial charge in [0.2, 0.25) is 0 Å². The third-order valence-electron chi connectivity index (χ3n) is 5.58. The monoisotopic (exact) mass is 507 g/mol. The normalized spacial score (nSPS) is 24.2. The number of ether oxygens (including phenoxy) is 1. The first-order chi connectivity index (χ1) is 16.5. The molecule has 0 bridgehead atoms. The number of aliphatic hydroxyl groups is 2. The van der Waals surface area contributed by atoms with Gasteiger partial charge in [0, 0.05) is 5.92 Å². The molecule has 1 aliphatic heterocycles. The summed E-state index contributed by atoms with van der Waals surface area (Å²) in [6, 6.07) is 5.61. The number of imidazole rings is 1. The Morgan fingerprint density at radius 2 is 1.97 bits per heavy atom. The van der Waals surface area contributed by atoms with Crippen LogP contribution >= 0.6 is 7.60 Å². The number of ketones is 1. The molecule has 13 nitrogen and oxygen atoms in total. The van der Waals surface area contributed by atoms with Crippen molar-refractivity contribution in [3.8, 4) is 5.75 Å². The van der Waals surface area contributed by atoms with E-state index in [1.165, 1.54) is 35.2 Å². The molecule has 0 radical (unpaired) electrons. The van der Waals surface area contributed by atoms with Gasteiger partial charge in [-0.3, -0.25) is 13.9 Å². The Labute approximate surface area is 199 Å². The van der Waals surface area contributed by atoms with Crippen molar-refractivity contribution >= 4 is 30.4 Å². The number of nitrogen functional groups attached to an aromatic ring is 1. The zero-order valence-electron chi connectivity index (χ0n) is 18.9. The standard InChI is InChI=1S/C21H26N5O8P/c1-10(2)19-24-18(22)15-20(25-19)26(9-23-15)21-17(30)16(29)14(34-21)7-33-35(31,32)8-13(28)11-5-3-4-6-12(11)27/h3-6,9-10,14,16-17,21,27,29-30H,7-8H2,1-2H3,(H,31,32)(H2,22,24,25)/t14-,16?,17?,21-/m1/s1. The number of aromatic nitrogens is 4. The third kappa shape index (κ3) is 5.06. The van der Waals surface area contributed by atoms with Gasteiger partial charge in [0.15, 0.2) is 23.5 Å². The van der Waals surface area contributed by atoms with Crippen LogP contribution in [0.15, 0.2) is 30.6 Å². The Bertz CT molecular complexity index is 1300. The molecule has 1 saturated heterocycles. The summed E-state index contributed by atoms with van der Waals surface area (Å²) in [6.45, 7) is 3.18. The predicted octanol–water partition coefficient (Wildman–Crippen LogP) is 0.942. The molecule has 1 aromatic carbocycles. The maximum absolute atomic E-state index is 12.5. The van der Waals surface area contributed by atoms with E-state index in [2.05, 4.69) is 15.0 Å². The largest absolute Gasteiger partial charge is 0.507 e. The number of phenolic OH excluding ortho intramolecular Hbond substituents is 1. The molecule has 2 aromatic heterocycles. The van der Waals surface area contributed by atoms with E-state index in [0.717, 1.165) is 0 Å². The highest BCUT2D eigenvalue weighted by Gasteiger charge is 2.45. The van der Waals surface area contributed by atoms with Crippen LogP contribution in [0.5, 0.6) is 5.75 Å². The van der Waals surface area contributed by atoms with E-state index in [1.54, 1.807) is 0 Å². The summed E-state index contributed by atoms with van der Waals surface area (Å²) in [5, 5.41) is 30.8. The van der Waals surface area contributed by atoms with Gasteiger partial charge in [-0.1, -0.05) is 26.0 Å². The molecule has 0 saturated carbocycles. The third-order valence-corrected chi connectivity index (χ3v) is 6.82. The Morgan fingerprint density at radius 1 is 1.26 bits per heavy atom. The fourth-order valence-corrected chi connectivity index (χ4v) is 4.71. The molecule has 0 aliphatic carbocycles. The highest BCUT2D eigenvalue weighted by atomic mass is 31.2. The van der Waals surface area contributed by atoms with E-state index in [-0.39, 0.29) is 23.0 Å². The van der Waals surface area contributed by atoms with Gasteiger partial charge < -0.3 is 35.2 Å². The van der Waals surface area contributed by atoms with E-state index in [9.17, 15) is 29.6 Å². The number of hydrogen-bond acceptors (Lipinski definition) is 11. The molecule has 0 amide bonds. The smallest absolute Gasteiger partial charge is 0.335 e. The molecule has 188 valence electrons. The van der Waals surface area contributed by atoms with Crippen LogP contribution in [0.1, 0.15) is 42.2 Å². The number of Topliss-reactive ketones (excluding diaryl/α,β-unsaturated/α-hetero) is 1. The van der Waals surface area contributed by atoms with Crippen LogP contribution in [0, 0.1) is 0 Å². The Kier molecular flexibility index (Phi) is 6.91. The number of carbonyl (C=O) groups is 1. The first-order valence-electron chi connectivity index (χ1n) is 10.8. The molecule has 1 fully saturated rings. The Balaban J connectivity index is 1.47. The number of nitrogens with two attached hydrogens (primary N) is 1. The second-order valence-corrected chi connectivity index (χ2v) is 10.4. The van der Waals surface area contributed by atoms with Crippen molar-refractivity contribution in [1.29, 1.82) is 0 Å². The maximum Gasteiger partial charge on any atom is 0.335 e. The van der Waals surface area contributed by atoms with Crippen molar-refractivity contribution in [3.05, 3.63) is 42.0 Å². The zero-order chi connectivity index (χ0) is 25.5. The molecule has 5 atom stereocenters. The second-order valence-electron chi connectivity index (χ2n) is 8.52. The summed E-state index contributed by atoms with van der Waals surface area (Å²) < 4.78 is 24.6. The van der Waals surface area contributed by atoms with E-state index < -0.39 is 50.7 Å². The van der Waals surface area contributed by atoms with Crippen LogP contribution in [-0.2, 0) is 13.8 Å². The van der Waals surface area contributed by atoms with Crippen LogP contribution in [0.3, 0.4) is 0 Å². The lowest BCUT2D eigenvalue weighted by atomic mass is 10.1. The number of para-hydroxylation sites is 1. The highest BCUT2D eigenvalue weighted by Crippen LogP contribution is 2.44. The number of nitrogens with zero attached hydrogens (tertiary/aromatic N) is 4. The van der Waals surface area contributed by atoms with Crippen LogP contribution in [-0.4, -0.2) is 76.6 Å². The minimum atomic E-state index is -4.47. The number of carbonyl (C=O) groups excluding carboxylic acids is 1. The van der Waals surface area contributed by atoms with Crippen molar-refractivity contribution in [2.45, 2.75) is 44.3 Å². The van der Waals surface area contributed by atoms with E-state index in [4.69, 9.17) is 15.0 Å². The van der Waals surface area contributed by atoms with Gasteiger partial charge in [-0.2, -0.15) is 0 Å². The van der Waals surface area contributed by atoms with Gasteiger partial charge in [0.25, 0.3) is 0 Å². The van der Waals surface area contributed by atoms with E-state index >= 15 is 0 Å². The molecule has 3 aromatic rings. The number of rotatable bonds is 8. The van der Waals surface area contributed by atoms with Crippen LogP contribution in [0.4, 0.5) is 5.82 Å². The van der Waals surface area contributed by atoms with Gasteiger partial charge >= 0.3 is 7.60 Å². The number of phenols is 1. The Morgan fingerprint density at radius 3 is 2.66 bits per heavy atom. The summed E-state index contributed by atoms with van der Waals surface area (Å²) >= 11 is 0. The average Bonchev–Trinajstić information content (AvgIpc) is 3.34. The van der Waals surface area contributed by atoms with E-state index in [1.807, 2.05) is 13.8 Å². The van der Waals surface area contributed by atoms with Gasteiger partial charge in [0.05, 0.1) is 18.5 Å². The zero-order valence-corrected chi connectivity index (χ0v) is 19.8.